The summed E-state index contributed by atoms with van der Waals surface area (Å²) in [5.74, 6) is 0.343. The van der Waals surface area contributed by atoms with Gasteiger partial charge in [0.15, 0.2) is 0 Å². The molecule has 0 radical (unpaired) electrons. The number of aryl methyl sites for hydroxylation is 1. The van der Waals surface area contributed by atoms with Crippen LogP contribution >= 0.6 is 0 Å². The van der Waals surface area contributed by atoms with Crippen molar-refractivity contribution in [3.05, 3.63) is 23.8 Å². The van der Waals surface area contributed by atoms with Gasteiger partial charge in [0.1, 0.15) is 5.75 Å². The summed E-state index contributed by atoms with van der Waals surface area (Å²) < 4.78 is 32.1. The molecule has 1 amide bonds. The van der Waals surface area contributed by atoms with E-state index in [2.05, 4.69) is 10.0 Å². The molecule has 0 heterocycles. The van der Waals surface area contributed by atoms with Crippen molar-refractivity contribution in [2.45, 2.75) is 56.4 Å². The zero-order chi connectivity index (χ0) is 17.6. The number of ether oxygens (including phenoxy) is 1. The molecule has 0 spiro atoms. The van der Waals surface area contributed by atoms with Gasteiger partial charge in [0.05, 0.1) is 18.6 Å². The molecule has 0 unspecified atom stereocenters. The Morgan fingerprint density at radius 2 is 1.88 bits per heavy atom. The maximum absolute atomic E-state index is 12.3. The van der Waals surface area contributed by atoms with E-state index >= 15 is 0 Å². The third-order valence-corrected chi connectivity index (χ3v) is 5.72. The lowest BCUT2D eigenvalue weighted by Gasteiger charge is -2.16. The first-order valence-corrected chi connectivity index (χ1v) is 9.84. The number of methoxy groups -OCH3 is 1. The number of hydrogen-bond acceptors (Lipinski definition) is 4. The minimum Gasteiger partial charge on any atom is -0.496 e. The largest absolute Gasteiger partial charge is 0.496 e. The van der Waals surface area contributed by atoms with E-state index in [0.29, 0.717) is 5.75 Å². The molecular weight excluding hydrogens is 328 g/mol. The highest BCUT2D eigenvalue weighted by Gasteiger charge is 2.19. The summed E-state index contributed by atoms with van der Waals surface area (Å²) in [5, 5.41) is 2.93. The highest BCUT2D eigenvalue weighted by Crippen LogP contribution is 2.21. The predicted octanol–water partition coefficient (Wildman–Crippen LogP) is 2.12. The molecule has 1 aromatic rings. The molecule has 0 atom stereocenters. The first-order valence-electron chi connectivity index (χ1n) is 8.36. The first kappa shape index (κ1) is 18.7. The SMILES string of the molecule is COc1ccc(S(=O)(=O)NCC(=O)NC2CCCCCC2)cc1C. The fraction of sp³-hybridized carbons (Fsp3) is 0.588. The Balaban J connectivity index is 1.91. The molecule has 6 nitrogen and oxygen atoms in total. The van der Waals surface area contributed by atoms with Crippen molar-refractivity contribution in [3.8, 4) is 5.75 Å². The van der Waals surface area contributed by atoms with E-state index in [1.807, 2.05) is 0 Å². The third-order valence-electron chi connectivity index (χ3n) is 4.32. The van der Waals surface area contributed by atoms with Gasteiger partial charge in [0, 0.05) is 6.04 Å². The van der Waals surface area contributed by atoms with Crippen LogP contribution in [0.5, 0.6) is 5.75 Å². The smallest absolute Gasteiger partial charge is 0.241 e. The molecule has 2 N–H and O–H groups in total. The van der Waals surface area contributed by atoms with Gasteiger partial charge in [0.25, 0.3) is 0 Å². The highest BCUT2D eigenvalue weighted by atomic mass is 32.2. The number of carbonyl (C=O) groups is 1. The molecule has 0 bridgehead atoms. The number of carbonyl (C=O) groups excluding carboxylic acids is 1. The van der Waals surface area contributed by atoms with Crippen LogP contribution < -0.4 is 14.8 Å². The summed E-state index contributed by atoms with van der Waals surface area (Å²) >= 11 is 0. The van der Waals surface area contributed by atoms with E-state index in [-0.39, 0.29) is 23.4 Å². The number of benzene rings is 1. The molecule has 1 aromatic carbocycles. The van der Waals surface area contributed by atoms with Crippen LogP contribution in [0.1, 0.15) is 44.1 Å². The molecule has 7 heteroatoms. The third kappa shape index (κ3) is 5.21. The average Bonchev–Trinajstić information content (AvgIpc) is 2.81. The van der Waals surface area contributed by atoms with E-state index in [4.69, 9.17) is 4.74 Å². The van der Waals surface area contributed by atoms with Crippen molar-refractivity contribution in [2.75, 3.05) is 13.7 Å². The fourth-order valence-electron chi connectivity index (χ4n) is 2.96. The van der Waals surface area contributed by atoms with Crippen LogP contribution in [0.2, 0.25) is 0 Å². The molecule has 0 aliphatic heterocycles. The van der Waals surface area contributed by atoms with Gasteiger partial charge in [-0.05, 0) is 43.5 Å². The van der Waals surface area contributed by atoms with Gasteiger partial charge >= 0.3 is 0 Å². The van der Waals surface area contributed by atoms with Crippen molar-refractivity contribution in [2.24, 2.45) is 0 Å². The number of amides is 1. The lowest BCUT2D eigenvalue weighted by atomic mass is 10.1. The summed E-state index contributed by atoms with van der Waals surface area (Å²) in [4.78, 5) is 12.1. The van der Waals surface area contributed by atoms with Crippen LogP contribution in [-0.2, 0) is 14.8 Å². The van der Waals surface area contributed by atoms with Crippen molar-refractivity contribution < 1.29 is 17.9 Å². The quantitative estimate of drug-likeness (QED) is 0.767. The van der Waals surface area contributed by atoms with E-state index in [1.54, 1.807) is 13.0 Å². The Bertz CT molecular complexity index is 665. The van der Waals surface area contributed by atoms with Gasteiger partial charge in [-0.2, -0.15) is 0 Å². The minimum atomic E-state index is -3.72. The molecule has 1 aliphatic rings. The van der Waals surface area contributed by atoms with E-state index in [0.717, 1.165) is 31.2 Å². The second-order valence-electron chi connectivity index (χ2n) is 6.21. The zero-order valence-corrected chi connectivity index (χ0v) is 15.1. The molecule has 24 heavy (non-hydrogen) atoms. The molecule has 1 aliphatic carbocycles. The van der Waals surface area contributed by atoms with Crippen molar-refractivity contribution in [1.82, 2.24) is 10.0 Å². The van der Waals surface area contributed by atoms with Crippen LogP contribution in [0.25, 0.3) is 0 Å². The Hall–Kier alpha value is -1.60. The predicted molar refractivity (Wildman–Crippen MR) is 92.6 cm³/mol. The molecule has 134 valence electrons. The summed E-state index contributed by atoms with van der Waals surface area (Å²) in [6.45, 7) is 1.53. The first-order chi connectivity index (χ1) is 11.4. The van der Waals surface area contributed by atoms with Gasteiger partial charge in [-0.15, -0.1) is 0 Å². The highest BCUT2D eigenvalue weighted by molar-refractivity contribution is 7.89. The molecular formula is C17H26N2O4S. The summed E-state index contributed by atoms with van der Waals surface area (Å²) in [7, 11) is -2.18. The topological polar surface area (TPSA) is 84.5 Å². The normalized spacial score (nSPS) is 16.4. The minimum absolute atomic E-state index is 0.128. The lowest BCUT2D eigenvalue weighted by molar-refractivity contribution is -0.120. The van der Waals surface area contributed by atoms with Gasteiger partial charge in [-0.1, -0.05) is 25.7 Å². The number of rotatable bonds is 6. The van der Waals surface area contributed by atoms with E-state index in [9.17, 15) is 13.2 Å². The molecule has 1 saturated carbocycles. The number of sulfonamides is 1. The van der Waals surface area contributed by atoms with Crippen LogP contribution in [-0.4, -0.2) is 34.0 Å². The Labute approximate surface area is 144 Å². The van der Waals surface area contributed by atoms with Crippen LogP contribution in [0.4, 0.5) is 0 Å². The Kier molecular flexibility index (Phi) is 6.62. The fourth-order valence-corrected chi connectivity index (χ4v) is 4.03. The van der Waals surface area contributed by atoms with Gasteiger partial charge in [-0.25, -0.2) is 13.1 Å². The number of nitrogens with one attached hydrogen (secondary N) is 2. The monoisotopic (exact) mass is 354 g/mol. The van der Waals surface area contributed by atoms with Crippen LogP contribution in [0.15, 0.2) is 23.1 Å². The maximum atomic E-state index is 12.3. The number of hydrogen-bond donors (Lipinski definition) is 2. The Morgan fingerprint density at radius 3 is 2.46 bits per heavy atom. The van der Waals surface area contributed by atoms with Crippen molar-refractivity contribution in [3.63, 3.8) is 0 Å². The summed E-state index contributed by atoms with van der Waals surface area (Å²) in [6, 6.07) is 4.77. The second kappa shape index (κ2) is 8.48. The molecule has 1 fully saturated rings. The van der Waals surface area contributed by atoms with Crippen molar-refractivity contribution in [1.29, 1.82) is 0 Å². The van der Waals surface area contributed by atoms with E-state index in [1.165, 1.54) is 32.1 Å². The maximum Gasteiger partial charge on any atom is 0.241 e. The Morgan fingerprint density at radius 1 is 1.21 bits per heavy atom. The van der Waals surface area contributed by atoms with Crippen molar-refractivity contribution >= 4 is 15.9 Å². The van der Waals surface area contributed by atoms with Gasteiger partial charge in [-0.3, -0.25) is 4.79 Å². The van der Waals surface area contributed by atoms with E-state index < -0.39 is 10.0 Å². The van der Waals surface area contributed by atoms with Gasteiger partial charge in [0.2, 0.25) is 15.9 Å². The summed E-state index contributed by atoms with van der Waals surface area (Å²) in [5.41, 5.74) is 0.725. The summed E-state index contributed by atoms with van der Waals surface area (Å²) in [6.07, 6.45) is 6.57. The molecule has 0 saturated heterocycles. The lowest BCUT2D eigenvalue weighted by Crippen LogP contribution is -2.41. The average molecular weight is 354 g/mol. The molecule has 0 aromatic heterocycles. The standard InChI is InChI=1S/C17H26N2O4S/c1-13-11-15(9-10-16(13)23-2)24(21,22)18-12-17(20)19-14-7-5-3-4-6-8-14/h9-11,14,18H,3-8,12H2,1-2H3,(H,19,20). The van der Waals surface area contributed by atoms with Crippen LogP contribution in [0.3, 0.4) is 0 Å². The molecule has 2 rings (SSSR count). The zero-order valence-electron chi connectivity index (χ0n) is 14.3. The van der Waals surface area contributed by atoms with Crippen LogP contribution in [0, 0.1) is 6.92 Å². The second-order valence-corrected chi connectivity index (χ2v) is 7.98. The van der Waals surface area contributed by atoms with Gasteiger partial charge < -0.3 is 10.1 Å².